The van der Waals surface area contributed by atoms with E-state index in [1.54, 1.807) is 40.7 Å². The van der Waals surface area contributed by atoms with E-state index >= 15 is 0 Å². The Morgan fingerprint density at radius 3 is 2.58 bits per heavy atom. The van der Waals surface area contributed by atoms with Crippen LogP contribution < -0.4 is 16.3 Å². The zero-order valence-corrected chi connectivity index (χ0v) is 31.6. The summed E-state index contributed by atoms with van der Waals surface area (Å²) in [4.78, 5) is 57.7. The number of amides is 3. The lowest BCUT2D eigenvalue weighted by atomic mass is 9.84. The Morgan fingerprint density at radius 1 is 1.00 bits per heavy atom. The van der Waals surface area contributed by atoms with Gasteiger partial charge in [0, 0.05) is 49.6 Å². The van der Waals surface area contributed by atoms with E-state index in [9.17, 15) is 28.0 Å². The molecule has 1 saturated carbocycles. The van der Waals surface area contributed by atoms with Crippen molar-refractivity contribution in [2.75, 3.05) is 25.0 Å². The van der Waals surface area contributed by atoms with Crippen molar-refractivity contribution in [1.82, 2.24) is 43.7 Å². The first-order valence-corrected chi connectivity index (χ1v) is 19.8. The molecule has 2 N–H and O–H groups in total. The summed E-state index contributed by atoms with van der Waals surface area (Å²) in [5, 5.41) is 14.6. The van der Waals surface area contributed by atoms with Crippen molar-refractivity contribution in [3.8, 4) is 0 Å². The number of nitrogens with zero attached hydrogens (tertiary/aromatic N) is 8. The van der Waals surface area contributed by atoms with Crippen LogP contribution in [0.4, 0.5) is 14.5 Å². The number of alkyl halides is 2. The number of likely N-dealkylation sites (tertiary alicyclic amines) is 1. The Morgan fingerprint density at radius 2 is 1.81 bits per heavy atom. The number of carbonyl (C=O) groups excluding carboxylic acids is 3. The van der Waals surface area contributed by atoms with Gasteiger partial charge in [-0.15, -0.1) is 0 Å². The van der Waals surface area contributed by atoms with Crippen LogP contribution in [0.2, 0.25) is 0 Å². The second-order valence-electron chi connectivity index (χ2n) is 15.9. The molecule has 3 aliphatic rings. The minimum atomic E-state index is -2.80. The van der Waals surface area contributed by atoms with E-state index in [1.807, 2.05) is 23.0 Å². The van der Waals surface area contributed by atoms with Crippen molar-refractivity contribution in [2.24, 2.45) is 18.9 Å². The Bertz CT molecular complexity index is 2570. The van der Waals surface area contributed by atoms with Crippen molar-refractivity contribution in [1.29, 1.82) is 0 Å². The van der Waals surface area contributed by atoms with Gasteiger partial charge < -0.3 is 10.2 Å². The highest BCUT2D eigenvalue weighted by Gasteiger charge is 2.33. The predicted molar refractivity (Wildman–Crippen MR) is 208 cm³/mol. The van der Waals surface area contributed by atoms with Crippen molar-refractivity contribution >= 4 is 51.0 Å². The van der Waals surface area contributed by atoms with E-state index in [1.165, 1.54) is 16.8 Å². The number of fused-ring (bicyclic) bond motifs is 3. The maximum absolute atomic E-state index is 14.2. The van der Waals surface area contributed by atoms with Gasteiger partial charge in [-0.2, -0.15) is 10.2 Å². The summed E-state index contributed by atoms with van der Waals surface area (Å²) in [6.07, 6.45) is 11.2. The summed E-state index contributed by atoms with van der Waals surface area (Å²) < 4.78 is 35.0. The highest BCUT2D eigenvalue weighted by Crippen LogP contribution is 2.37. The highest BCUT2D eigenvalue weighted by molar-refractivity contribution is 6.09. The first kappa shape index (κ1) is 36.8. The molecule has 4 aromatic heterocycles. The molecule has 2 saturated heterocycles. The maximum Gasteiger partial charge on any atom is 0.329 e. The first-order chi connectivity index (χ1) is 27.6. The molecule has 9 rings (SSSR count). The van der Waals surface area contributed by atoms with E-state index in [4.69, 9.17) is 5.10 Å². The van der Waals surface area contributed by atoms with Crippen LogP contribution >= 0.6 is 0 Å². The van der Waals surface area contributed by atoms with Gasteiger partial charge in [-0.25, -0.2) is 23.1 Å². The number of piperidine rings is 2. The first-order valence-electron chi connectivity index (χ1n) is 19.8. The van der Waals surface area contributed by atoms with Crippen LogP contribution in [0, 0.1) is 11.8 Å². The number of nitrogens with one attached hydrogen (secondary N) is 2. The van der Waals surface area contributed by atoms with Crippen molar-refractivity contribution in [3.63, 3.8) is 0 Å². The molecule has 2 aliphatic heterocycles. The number of anilines is 1. The molecule has 6 heterocycles. The molecule has 14 nitrogen and oxygen atoms in total. The molecule has 2 aromatic carbocycles. The summed E-state index contributed by atoms with van der Waals surface area (Å²) in [5.41, 5.74) is 3.20. The van der Waals surface area contributed by atoms with Gasteiger partial charge >= 0.3 is 5.69 Å². The van der Waals surface area contributed by atoms with E-state index in [-0.39, 0.29) is 40.9 Å². The molecule has 0 spiro atoms. The number of benzene rings is 2. The Labute approximate surface area is 325 Å². The standard InChI is InChI=1S/C41H44F2N10O4/c1-49-36-26(4-2-5-33(36)53(41(49)57)34-10-11-35(54)47-40(34)56)18-24-12-16-50(17-13-24)22-25-6-8-28(9-7-25)52-23-27-19-32(29(37(42)43)20-31(27)48-52)46-39(55)30-21-45-51-15-3-14-44-38(30)51/h2-5,14-15,19-21,23-25,28,34,37H,6-13,16-18,22H2,1H3,(H,46,55)(H,47,54,56). The molecule has 0 bridgehead atoms. The predicted octanol–water partition coefficient (Wildman–Crippen LogP) is 5.59. The molecule has 296 valence electrons. The van der Waals surface area contributed by atoms with Gasteiger partial charge in [0.05, 0.1) is 34.5 Å². The summed E-state index contributed by atoms with van der Waals surface area (Å²) in [5.74, 6) is -0.246. The number of imide groups is 1. The Hall–Kier alpha value is -5.77. The summed E-state index contributed by atoms with van der Waals surface area (Å²) in [7, 11) is 1.76. The topological polar surface area (TPSA) is 153 Å². The number of hydrogen-bond acceptors (Lipinski definition) is 8. The van der Waals surface area contributed by atoms with E-state index in [0.29, 0.717) is 34.8 Å². The molecule has 1 unspecified atom stereocenters. The molecular weight excluding hydrogens is 735 g/mol. The number of halogens is 2. The molecule has 16 heteroatoms. The number of aromatic nitrogens is 7. The number of rotatable bonds is 9. The van der Waals surface area contributed by atoms with Gasteiger partial charge in [0.1, 0.15) is 11.6 Å². The summed E-state index contributed by atoms with van der Waals surface area (Å²) >= 11 is 0. The summed E-state index contributed by atoms with van der Waals surface area (Å²) in [6, 6.07) is 10.0. The number of hydrogen-bond donors (Lipinski definition) is 2. The monoisotopic (exact) mass is 778 g/mol. The van der Waals surface area contributed by atoms with Gasteiger partial charge in [-0.1, -0.05) is 12.1 Å². The SMILES string of the molecule is Cn1c(=O)n(C2CCC(=O)NC2=O)c2cccc(CC3CCN(CC4CCC(n5cc6cc(NC(=O)c7cnn8cccnc78)c(C(F)F)cc6n5)CC4)CC3)c21. The lowest BCUT2D eigenvalue weighted by Crippen LogP contribution is -2.44. The van der Waals surface area contributed by atoms with Crippen LogP contribution in [-0.4, -0.2) is 75.8 Å². The fraction of sp³-hybridized carbons (Fsp3) is 0.439. The second kappa shape index (κ2) is 15.0. The normalized spacial score (nSPS) is 21.2. The largest absolute Gasteiger partial charge is 0.329 e. The third-order valence-electron chi connectivity index (χ3n) is 12.3. The van der Waals surface area contributed by atoms with E-state index < -0.39 is 24.3 Å². The number of carbonyl (C=O) groups is 3. The quantitative estimate of drug-likeness (QED) is 0.180. The van der Waals surface area contributed by atoms with Crippen LogP contribution in [0.15, 0.2) is 66.0 Å². The fourth-order valence-electron chi connectivity index (χ4n) is 9.32. The van der Waals surface area contributed by atoms with Gasteiger partial charge in [-0.05, 0) is 106 Å². The molecule has 1 atom stereocenters. The second-order valence-corrected chi connectivity index (χ2v) is 15.9. The lowest BCUT2D eigenvalue weighted by molar-refractivity contribution is -0.135. The van der Waals surface area contributed by atoms with E-state index in [2.05, 4.69) is 31.7 Å². The minimum absolute atomic E-state index is 0.0383. The van der Waals surface area contributed by atoms with Crippen molar-refractivity contribution < 1.29 is 23.2 Å². The average molecular weight is 779 g/mol. The number of imidazole rings is 1. The highest BCUT2D eigenvalue weighted by atomic mass is 19.3. The number of aryl methyl sites for hydroxylation is 1. The van der Waals surface area contributed by atoms with Gasteiger partial charge in [-0.3, -0.25) is 33.5 Å². The number of para-hydroxylation sites is 1. The zero-order chi connectivity index (χ0) is 39.4. The minimum Gasteiger partial charge on any atom is -0.321 e. The smallest absolute Gasteiger partial charge is 0.321 e. The van der Waals surface area contributed by atoms with E-state index in [0.717, 1.165) is 81.2 Å². The summed E-state index contributed by atoms with van der Waals surface area (Å²) in [6.45, 7) is 3.07. The third kappa shape index (κ3) is 7.00. The van der Waals surface area contributed by atoms with Crippen LogP contribution in [-0.2, 0) is 23.1 Å². The Balaban J connectivity index is 0.801. The fourth-order valence-corrected chi connectivity index (χ4v) is 9.32. The van der Waals surface area contributed by atoms with Gasteiger partial charge in [0.25, 0.3) is 12.3 Å². The van der Waals surface area contributed by atoms with Crippen LogP contribution in [0.25, 0.3) is 27.6 Å². The Kier molecular flexibility index (Phi) is 9.67. The molecule has 3 amide bonds. The zero-order valence-electron chi connectivity index (χ0n) is 31.6. The molecule has 6 aromatic rings. The molecule has 1 aliphatic carbocycles. The van der Waals surface area contributed by atoms with Crippen LogP contribution in [0.3, 0.4) is 0 Å². The third-order valence-corrected chi connectivity index (χ3v) is 12.3. The van der Waals surface area contributed by atoms with Gasteiger partial charge in [0.2, 0.25) is 11.8 Å². The van der Waals surface area contributed by atoms with Crippen molar-refractivity contribution in [3.05, 3.63) is 88.4 Å². The molecule has 3 fully saturated rings. The maximum atomic E-state index is 14.2. The average Bonchev–Trinajstić information content (AvgIpc) is 3.90. The molecule has 57 heavy (non-hydrogen) atoms. The van der Waals surface area contributed by atoms with Crippen LogP contribution in [0.5, 0.6) is 0 Å². The van der Waals surface area contributed by atoms with Crippen molar-refractivity contribution in [2.45, 2.75) is 76.3 Å². The molecular formula is C41H44F2N10O4. The molecule has 0 radical (unpaired) electrons. The lowest BCUT2D eigenvalue weighted by Gasteiger charge is -2.36. The van der Waals surface area contributed by atoms with Crippen LogP contribution in [0.1, 0.15) is 91.4 Å². The van der Waals surface area contributed by atoms with Gasteiger partial charge in [0.15, 0.2) is 5.65 Å².